The molecule has 0 atom stereocenters. The number of aromatic amines is 1. The van der Waals surface area contributed by atoms with Gasteiger partial charge in [0.15, 0.2) is 5.58 Å². The SMILES string of the molecule is COc1ccc(C(=O)Nc2cccc3oc(=O)[nH]c23)cc1. The molecule has 0 spiro atoms. The summed E-state index contributed by atoms with van der Waals surface area (Å²) in [5.74, 6) is -0.170. The van der Waals surface area contributed by atoms with Crippen LogP contribution in [-0.2, 0) is 0 Å². The van der Waals surface area contributed by atoms with E-state index < -0.39 is 5.76 Å². The summed E-state index contributed by atoms with van der Waals surface area (Å²) in [6.45, 7) is 0. The van der Waals surface area contributed by atoms with Gasteiger partial charge in [-0.1, -0.05) is 6.07 Å². The average Bonchev–Trinajstić information content (AvgIpc) is 2.88. The van der Waals surface area contributed by atoms with E-state index in [1.54, 1.807) is 49.6 Å². The highest BCUT2D eigenvalue weighted by Gasteiger charge is 2.11. The normalized spacial score (nSPS) is 10.5. The number of carbonyl (C=O) groups excluding carboxylic acids is 1. The topological polar surface area (TPSA) is 84.3 Å². The first kappa shape index (κ1) is 13.0. The van der Waals surface area contributed by atoms with Crippen molar-refractivity contribution < 1.29 is 13.9 Å². The summed E-state index contributed by atoms with van der Waals surface area (Å²) in [6, 6.07) is 11.8. The first-order valence-electron chi connectivity index (χ1n) is 6.24. The highest BCUT2D eigenvalue weighted by Crippen LogP contribution is 2.21. The third-order valence-electron chi connectivity index (χ3n) is 3.06. The Hall–Kier alpha value is -3.02. The Labute approximate surface area is 119 Å². The van der Waals surface area contributed by atoms with Crippen LogP contribution in [0, 0.1) is 0 Å². The van der Waals surface area contributed by atoms with E-state index in [4.69, 9.17) is 9.15 Å². The Morgan fingerprint density at radius 3 is 2.67 bits per heavy atom. The summed E-state index contributed by atoms with van der Waals surface area (Å²) in [7, 11) is 1.56. The lowest BCUT2D eigenvalue weighted by Gasteiger charge is -2.06. The predicted octanol–water partition coefficient (Wildman–Crippen LogP) is 2.38. The third-order valence-corrected chi connectivity index (χ3v) is 3.06. The molecular weight excluding hydrogens is 272 g/mol. The zero-order chi connectivity index (χ0) is 14.8. The number of rotatable bonds is 3. The van der Waals surface area contributed by atoms with Crippen molar-refractivity contribution in [2.45, 2.75) is 0 Å². The van der Waals surface area contributed by atoms with Crippen molar-refractivity contribution in [3.8, 4) is 5.75 Å². The zero-order valence-electron chi connectivity index (χ0n) is 11.2. The molecule has 0 aliphatic carbocycles. The van der Waals surface area contributed by atoms with Gasteiger partial charge in [0.05, 0.1) is 12.8 Å². The number of methoxy groups -OCH3 is 1. The van der Waals surface area contributed by atoms with Crippen molar-refractivity contribution in [1.29, 1.82) is 0 Å². The predicted molar refractivity (Wildman–Crippen MR) is 77.8 cm³/mol. The number of carbonyl (C=O) groups is 1. The average molecular weight is 284 g/mol. The molecule has 0 aliphatic heterocycles. The highest BCUT2D eigenvalue weighted by molar-refractivity contribution is 6.07. The molecule has 3 aromatic rings. The van der Waals surface area contributed by atoms with Crippen LogP contribution in [0.25, 0.3) is 11.1 Å². The van der Waals surface area contributed by atoms with Crippen LogP contribution >= 0.6 is 0 Å². The molecule has 1 amide bonds. The van der Waals surface area contributed by atoms with E-state index in [0.717, 1.165) is 0 Å². The van der Waals surface area contributed by atoms with Crippen molar-refractivity contribution in [2.75, 3.05) is 12.4 Å². The highest BCUT2D eigenvalue weighted by atomic mass is 16.5. The summed E-state index contributed by atoms with van der Waals surface area (Å²) in [5, 5.41) is 2.74. The van der Waals surface area contributed by atoms with Gasteiger partial charge in [-0.2, -0.15) is 0 Å². The molecule has 0 saturated carbocycles. The number of anilines is 1. The monoisotopic (exact) mass is 284 g/mol. The van der Waals surface area contributed by atoms with Gasteiger partial charge in [-0.05, 0) is 36.4 Å². The first-order valence-corrected chi connectivity index (χ1v) is 6.24. The number of benzene rings is 2. The molecule has 0 radical (unpaired) electrons. The number of hydrogen-bond donors (Lipinski definition) is 2. The molecule has 2 aromatic carbocycles. The van der Waals surface area contributed by atoms with Crippen LogP contribution in [0.1, 0.15) is 10.4 Å². The number of hydrogen-bond acceptors (Lipinski definition) is 4. The van der Waals surface area contributed by atoms with Crippen LogP contribution in [0.2, 0.25) is 0 Å². The molecule has 6 nitrogen and oxygen atoms in total. The van der Waals surface area contributed by atoms with E-state index in [9.17, 15) is 9.59 Å². The number of amides is 1. The molecule has 0 aliphatic rings. The number of nitrogens with one attached hydrogen (secondary N) is 2. The molecule has 6 heteroatoms. The van der Waals surface area contributed by atoms with E-state index in [0.29, 0.717) is 28.1 Å². The summed E-state index contributed by atoms with van der Waals surface area (Å²) >= 11 is 0. The molecule has 3 rings (SSSR count). The molecule has 21 heavy (non-hydrogen) atoms. The minimum Gasteiger partial charge on any atom is -0.497 e. The Morgan fingerprint density at radius 2 is 1.95 bits per heavy atom. The quantitative estimate of drug-likeness (QED) is 0.773. The summed E-state index contributed by atoms with van der Waals surface area (Å²) in [4.78, 5) is 26.0. The van der Waals surface area contributed by atoms with E-state index in [1.807, 2.05) is 0 Å². The van der Waals surface area contributed by atoms with Crippen LogP contribution < -0.4 is 15.8 Å². The van der Waals surface area contributed by atoms with Crippen molar-refractivity contribution in [1.82, 2.24) is 4.98 Å². The van der Waals surface area contributed by atoms with E-state index in [1.165, 1.54) is 0 Å². The van der Waals surface area contributed by atoms with Gasteiger partial charge in [-0.15, -0.1) is 0 Å². The maximum atomic E-state index is 12.2. The fourth-order valence-corrected chi connectivity index (χ4v) is 2.01. The van der Waals surface area contributed by atoms with E-state index in [2.05, 4.69) is 10.3 Å². The van der Waals surface area contributed by atoms with Crippen LogP contribution in [0.4, 0.5) is 5.69 Å². The van der Waals surface area contributed by atoms with Crippen LogP contribution in [-0.4, -0.2) is 18.0 Å². The molecule has 2 N–H and O–H groups in total. The first-order chi connectivity index (χ1) is 10.2. The maximum absolute atomic E-state index is 12.2. The minimum atomic E-state index is -0.559. The Bertz CT molecular complexity index is 846. The molecule has 0 fully saturated rings. The second-order valence-corrected chi connectivity index (χ2v) is 4.38. The smallest absolute Gasteiger partial charge is 0.417 e. The zero-order valence-corrected chi connectivity index (χ0v) is 11.2. The second-order valence-electron chi connectivity index (χ2n) is 4.38. The number of para-hydroxylation sites is 1. The number of H-pyrrole nitrogens is 1. The maximum Gasteiger partial charge on any atom is 0.417 e. The fraction of sp³-hybridized carbons (Fsp3) is 0.0667. The van der Waals surface area contributed by atoms with Crippen LogP contribution in [0.15, 0.2) is 51.7 Å². The second kappa shape index (κ2) is 5.16. The number of fused-ring (bicyclic) bond motifs is 1. The lowest BCUT2D eigenvalue weighted by Crippen LogP contribution is -2.12. The number of oxazole rings is 1. The lowest BCUT2D eigenvalue weighted by molar-refractivity contribution is 0.102. The molecular formula is C15H12N2O4. The van der Waals surface area contributed by atoms with Gasteiger partial charge in [0.2, 0.25) is 0 Å². The van der Waals surface area contributed by atoms with Crippen molar-refractivity contribution in [3.05, 3.63) is 58.6 Å². The third kappa shape index (κ3) is 2.51. The van der Waals surface area contributed by atoms with E-state index >= 15 is 0 Å². The standard InChI is InChI=1S/C15H12N2O4/c1-20-10-7-5-9(6-8-10)14(18)16-11-3-2-4-12-13(11)17-15(19)21-12/h2-8H,1H3,(H,16,18)(H,17,19). The Balaban J connectivity index is 1.90. The van der Waals surface area contributed by atoms with Gasteiger partial charge >= 0.3 is 5.76 Å². The molecule has 0 saturated heterocycles. The van der Waals surface area contributed by atoms with Gasteiger partial charge in [-0.25, -0.2) is 4.79 Å². The van der Waals surface area contributed by atoms with Crippen LogP contribution in [0.3, 0.4) is 0 Å². The lowest BCUT2D eigenvalue weighted by atomic mass is 10.2. The molecule has 1 aromatic heterocycles. The summed E-state index contributed by atoms with van der Waals surface area (Å²) < 4.78 is 9.99. The van der Waals surface area contributed by atoms with Gasteiger partial charge in [-0.3, -0.25) is 9.78 Å². The van der Waals surface area contributed by atoms with Crippen LogP contribution in [0.5, 0.6) is 5.75 Å². The Kier molecular flexibility index (Phi) is 3.19. The minimum absolute atomic E-state index is 0.285. The van der Waals surface area contributed by atoms with Gasteiger partial charge in [0.25, 0.3) is 5.91 Å². The van der Waals surface area contributed by atoms with Crippen molar-refractivity contribution in [3.63, 3.8) is 0 Å². The fourth-order valence-electron chi connectivity index (χ4n) is 2.01. The largest absolute Gasteiger partial charge is 0.497 e. The summed E-state index contributed by atoms with van der Waals surface area (Å²) in [6.07, 6.45) is 0. The van der Waals surface area contributed by atoms with E-state index in [-0.39, 0.29) is 5.91 Å². The summed E-state index contributed by atoms with van der Waals surface area (Å²) in [5.41, 5.74) is 1.83. The molecule has 0 unspecified atom stereocenters. The number of aromatic nitrogens is 1. The number of ether oxygens (including phenoxy) is 1. The Morgan fingerprint density at radius 1 is 1.19 bits per heavy atom. The van der Waals surface area contributed by atoms with Gasteiger partial charge in [0.1, 0.15) is 11.3 Å². The molecule has 106 valence electrons. The molecule has 1 heterocycles. The van der Waals surface area contributed by atoms with Crippen molar-refractivity contribution in [2.24, 2.45) is 0 Å². The van der Waals surface area contributed by atoms with Gasteiger partial charge in [0, 0.05) is 5.56 Å². The van der Waals surface area contributed by atoms with Crippen molar-refractivity contribution >= 4 is 22.7 Å². The van der Waals surface area contributed by atoms with Gasteiger partial charge < -0.3 is 14.5 Å². The molecule has 0 bridgehead atoms.